The number of piperidine rings is 1. The van der Waals surface area contributed by atoms with E-state index in [4.69, 9.17) is 14.2 Å². The van der Waals surface area contributed by atoms with Crippen molar-refractivity contribution in [3.05, 3.63) is 77.1 Å². The fraction of sp³-hybridized carbons (Fsp3) is 0.417. The Bertz CT molecular complexity index is 1800. The van der Waals surface area contributed by atoms with Crippen LogP contribution < -0.4 is 24.4 Å². The van der Waals surface area contributed by atoms with Crippen LogP contribution in [0.25, 0.3) is 10.9 Å². The molecule has 6 rings (SSSR count). The van der Waals surface area contributed by atoms with E-state index in [2.05, 4.69) is 25.1 Å². The van der Waals surface area contributed by atoms with E-state index >= 15 is 0 Å². The van der Waals surface area contributed by atoms with Gasteiger partial charge in [-0.15, -0.1) is 0 Å². The number of aryl methyl sites for hydroxylation is 1. The SMILES string of the molecule is COc1cc2ncnc(N3CCC(Oc4cc(NC(=O)c5ccc(CN6CCN(C)CC6)c(C(F)(F)F)c5)ccc4C)CC3)c2cc1OC. The summed E-state index contributed by atoms with van der Waals surface area (Å²) in [5.41, 5.74) is 1.40. The lowest BCUT2D eigenvalue weighted by Gasteiger charge is -2.33. The number of methoxy groups -OCH3 is 2. The topological polar surface area (TPSA) is 92.3 Å². The van der Waals surface area contributed by atoms with Crippen LogP contribution in [0.15, 0.2) is 54.9 Å². The molecule has 2 fully saturated rings. The molecule has 3 aromatic carbocycles. The van der Waals surface area contributed by atoms with Gasteiger partial charge in [0.05, 0.1) is 25.3 Å². The van der Waals surface area contributed by atoms with E-state index in [-0.39, 0.29) is 23.8 Å². The molecule has 0 bridgehead atoms. The molecular weight excluding hydrogens is 637 g/mol. The maximum absolute atomic E-state index is 14.1. The summed E-state index contributed by atoms with van der Waals surface area (Å²) in [6, 6.07) is 12.8. The minimum atomic E-state index is -4.58. The summed E-state index contributed by atoms with van der Waals surface area (Å²) in [6.07, 6.45) is -1.65. The van der Waals surface area contributed by atoms with Crippen molar-refractivity contribution in [2.24, 2.45) is 0 Å². The number of ether oxygens (including phenoxy) is 3. The Morgan fingerprint density at radius 2 is 1.61 bits per heavy atom. The zero-order valence-electron chi connectivity index (χ0n) is 28.1. The van der Waals surface area contributed by atoms with E-state index < -0.39 is 17.6 Å². The predicted molar refractivity (Wildman–Crippen MR) is 182 cm³/mol. The monoisotopic (exact) mass is 678 g/mol. The summed E-state index contributed by atoms with van der Waals surface area (Å²) < 4.78 is 59.7. The third kappa shape index (κ3) is 7.83. The average Bonchev–Trinajstić information content (AvgIpc) is 3.09. The van der Waals surface area contributed by atoms with Crippen molar-refractivity contribution in [3.63, 3.8) is 0 Å². The number of fused-ring (bicyclic) bond motifs is 1. The number of anilines is 2. The van der Waals surface area contributed by atoms with Gasteiger partial charge in [-0.3, -0.25) is 9.69 Å². The van der Waals surface area contributed by atoms with Crippen LogP contribution in [0.2, 0.25) is 0 Å². The Morgan fingerprint density at radius 1 is 0.898 bits per heavy atom. The molecule has 10 nitrogen and oxygen atoms in total. The maximum atomic E-state index is 14.1. The highest BCUT2D eigenvalue weighted by Crippen LogP contribution is 2.37. The van der Waals surface area contributed by atoms with Crippen LogP contribution in [0.3, 0.4) is 0 Å². The Kier molecular flexibility index (Phi) is 10.1. The second-order valence-corrected chi connectivity index (χ2v) is 12.6. The predicted octanol–water partition coefficient (Wildman–Crippen LogP) is 6.02. The number of carbonyl (C=O) groups excluding carboxylic acids is 1. The molecule has 1 aromatic heterocycles. The Hall–Kier alpha value is -4.62. The van der Waals surface area contributed by atoms with Crippen molar-refractivity contribution in [1.29, 1.82) is 0 Å². The number of rotatable bonds is 9. The molecular formula is C36H41F3N6O4. The highest BCUT2D eigenvalue weighted by Gasteiger charge is 2.35. The summed E-state index contributed by atoms with van der Waals surface area (Å²) in [6.45, 7) is 6.49. The van der Waals surface area contributed by atoms with E-state index in [0.29, 0.717) is 49.1 Å². The van der Waals surface area contributed by atoms with Crippen LogP contribution in [-0.4, -0.2) is 92.3 Å². The van der Waals surface area contributed by atoms with Crippen LogP contribution >= 0.6 is 0 Å². The van der Waals surface area contributed by atoms with Crippen molar-refractivity contribution in [3.8, 4) is 17.2 Å². The van der Waals surface area contributed by atoms with E-state index in [0.717, 1.165) is 54.3 Å². The molecule has 2 aliphatic heterocycles. The first-order valence-corrected chi connectivity index (χ1v) is 16.3. The average molecular weight is 679 g/mol. The Balaban J connectivity index is 1.11. The van der Waals surface area contributed by atoms with Crippen LogP contribution in [-0.2, 0) is 12.7 Å². The number of carbonyl (C=O) groups is 1. The third-order valence-electron chi connectivity index (χ3n) is 9.27. The molecule has 13 heteroatoms. The number of aromatic nitrogens is 2. The van der Waals surface area contributed by atoms with Gasteiger partial charge in [0.15, 0.2) is 11.5 Å². The van der Waals surface area contributed by atoms with Gasteiger partial charge in [0.25, 0.3) is 5.91 Å². The number of amides is 1. The molecule has 1 N–H and O–H groups in total. The van der Waals surface area contributed by atoms with E-state index in [1.54, 1.807) is 32.7 Å². The third-order valence-corrected chi connectivity index (χ3v) is 9.27. The largest absolute Gasteiger partial charge is 0.493 e. The van der Waals surface area contributed by atoms with Crippen LogP contribution in [0.5, 0.6) is 17.2 Å². The lowest BCUT2D eigenvalue weighted by Crippen LogP contribution is -2.44. The van der Waals surface area contributed by atoms with Gasteiger partial charge in [-0.25, -0.2) is 9.97 Å². The van der Waals surface area contributed by atoms with E-state index in [1.807, 2.05) is 37.1 Å². The molecule has 0 unspecified atom stereocenters. The standard InChI is InChI=1S/C36H41F3N6O4/c1-23-5-8-26(42-35(46)24-6-7-25(29(17-24)36(37,38)39)21-44-15-13-43(2)14-16-44)18-31(23)49-27-9-11-45(12-10-27)34-28-19-32(47-3)33(48-4)20-30(28)40-22-41-34/h5-8,17-20,22,27H,9-16,21H2,1-4H3,(H,42,46). The van der Waals surface area contributed by atoms with Crippen molar-refractivity contribution < 1.29 is 32.2 Å². The smallest absolute Gasteiger partial charge is 0.416 e. The van der Waals surface area contributed by atoms with Gasteiger partial charge >= 0.3 is 6.18 Å². The number of nitrogens with one attached hydrogen (secondary N) is 1. The normalized spacial score (nSPS) is 16.5. The van der Waals surface area contributed by atoms with Crippen molar-refractivity contribution in [2.45, 2.75) is 38.6 Å². The minimum Gasteiger partial charge on any atom is -0.493 e. The van der Waals surface area contributed by atoms with Gasteiger partial charge in [0.1, 0.15) is 24.0 Å². The van der Waals surface area contributed by atoms with Crippen molar-refractivity contribution in [2.75, 3.05) is 70.8 Å². The lowest BCUT2D eigenvalue weighted by atomic mass is 10.0. The fourth-order valence-electron chi connectivity index (χ4n) is 6.36. The van der Waals surface area contributed by atoms with Crippen molar-refractivity contribution >= 4 is 28.3 Å². The molecule has 260 valence electrons. The molecule has 1 amide bonds. The van der Waals surface area contributed by atoms with Gasteiger partial charge < -0.3 is 29.3 Å². The summed E-state index contributed by atoms with van der Waals surface area (Å²) in [4.78, 5) is 28.5. The molecule has 0 spiro atoms. The van der Waals surface area contributed by atoms with Gasteiger partial charge in [-0.1, -0.05) is 12.1 Å². The highest BCUT2D eigenvalue weighted by molar-refractivity contribution is 6.04. The summed E-state index contributed by atoms with van der Waals surface area (Å²) in [5.74, 6) is 2.00. The second-order valence-electron chi connectivity index (χ2n) is 12.6. The number of likely N-dealkylation sites (N-methyl/N-ethyl adjacent to an activating group) is 1. The molecule has 0 aliphatic carbocycles. The number of benzene rings is 3. The van der Waals surface area contributed by atoms with Crippen LogP contribution in [0.1, 0.15) is 39.9 Å². The first-order valence-electron chi connectivity index (χ1n) is 16.3. The summed E-state index contributed by atoms with van der Waals surface area (Å²) in [5, 5.41) is 3.63. The quantitative estimate of drug-likeness (QED) is 0.228. The Labute approximate surface area is 283 Å². The van der Waals surface area contributed by atoms with Crippen LogP contribution in [0, 0.1) is 6.92 Å². The second kappa shape index (κ2) is 14.5. The summed E-state index contributed by atoms with van der Waals surface area (Å²) >= 11 is 0. The molecule has 49 heavy (non-hydrogen) atoms. The molecule has 0 atom stereocenters. The number of hydrogen-bond acceptors (Lipinski definition) is 9. The number of alkyl halides is 3. The zero-order chi connectivity index (χ0) is 34.7. The maximum Gasteiger partial charge on any atom is 0.416 e. The number of hydrogen-bond donors (Lipinski definition) is 1. The van der Waals surface area contributed by atoms with Gasteiger partial charge in [-0.2, -0.15) is 13.2 Å². The Morgan fingerprint density at radius 3 is 2.31 bits per heavy atom. The number of halogens is 3. The molecule has 3 heterocycles. The van der Waals surface area contributed by atoms with E-state index in [1.165, 1.54) is 12.1 Å². The molecule has 2 aliphatic rings. The van der Waals surface area contributed by atoms with Crippen LogP contribution in [0.4, 0.5) is 24.7 Å². The molecule has 4 aromatic rings. The van der Waals surface area contributed by atoms with Gasteiger partial charge in [-0.05, 0) is 49.4 Å². The molecule has 0 saturated carbocycles. The zero-order valence-corrected chi connectivity index (χ0v) is 28.1. The van der Waals surface area contributed by atoms with Crippen molar-refractivity contribution in [1.82, 2.24) is 19.8 Å². The number of nitrogens with zero attached hydrogens (tertiary/aromatic N) is 5. The summed E-state index contributed by atoms with van der Waals surface area (Å²) in [7, 11) is 5.18. The van der Waals surface area contributed by atoms with E-state index in [9.17, 15) is 18.0 Å². The molecule has 0 radical (unpaired) electrons. The number of piperazine rings is 1. The lowest BCUT2D eigenvalue weighted by molar-refractivity contribution is -0.138. The minimum absolute atomic E-state index is 0.0572. The highest BCUT2D eigenvalue weighted by atomic mass is 19.4. The first kappa shape index (κ1) is 34.3. The fourth-order valence-corrected chi connectivity index (χ4v) is 6.36. The van der Waals surface area contributed by atoms with Gasteiger partial charge in [0, 0.05) is 87.4 Å². The van der Waals surface area contributed by atoms with Gasteiger partial charge in [0.2, 0.25) is 0 Å². The molecule has 2 saturated heterocycles. The first-order chi connectivity index (χ1) is 23.5.